The molecule has 0 amide bonds. The number of aromatic nitrogens is 4. The average molecular weight is 254 g/mol. The fourth-order valence-corrected chi connectivity index (χ4v) is 2.09. The van der Waals surface area contributed by atoms with Crippen LogP contribution in [0, 0.1) is 0 Å². The van der Waals surface area contributed by atoms with Crippen LogP contribution in [0.3, 0.4) is 0 Å². The molecule has 0 aliphatic carbocycles. The summed E-state index contributed by atoms with van der Waals surface area (Å²) in [7, 11) is 0. The second-order valence-corrected chi connectivity index (χ2v) is 4.39. The molecule has 0 atom stereocenters. The highest BCUT2D eigenvalue weighted by molar-refractivity contribution is 5.72. The zero-order valence-corrected chi connectivity index (χ0v) is 10.6. The van der Waals surface area contributed by atoms with Gasteiger partial charge in [0.15, 0.2) is 11.2 Å². The van der Waals surface area contributed by atoms with Gasteiger partial charge in [-0.05, 0) is 6.42 Å². The van der Waals surface area contributed by atoms with E-state index in [9.17, 15) is 4.79 Å². The van der Waals surface area contributed by atoms with E-state index in [1.165, 1.54) is 0 Å². The standard InChI is InChI=1S/C14H14N4O/c1-2-8-18-9-15-11-13(18)16-12(17-14(11)19)10-6-4-3-5-7-10/h3-7,9H,2,8H2,1H3,(H,16,17,19). The normalized spacial score (nSPS) is 11.0. The molecule has 0 saturated heterocycles. The molecular formula is C14H14N4O. The molecule has 2 heterocycles. The maximum absolute atomic E-state index is 12.0. The lowest BCUT2D eigenvalue weighted by Gasteiger charge is -2.03. The minimum Gasteiger partial charge on any atom is -0.315 e. The fourth-order valence-electron chi connectivity index (χ4n) is 2.09. The van der Waals surface area contributed by atoms with Crippen LogP contribution in [-0.4, -0.2) is 19.5 Å². The lowest BCUT2D eigenvalue weighted by molar-refractivity contribution is 0.691. The van der Waals surface area contributed by atoms with E-state index in [1.54, 1.807) is 6.33 Å². The first-order chi connectivity index (χ1) is 9.29. The number of nitrogens with zero attached hydrogens (tertiary/aromatic N) is 3. The minimum absolute atomic E-state index is 0.196. The van der Waals surface area contributed by atoms with Crippen LogP contribution in [0.5, 0.6) is 0 Å². The third-order valence-corrected chi connectivity index (χ3v) is 2.99. The lowest BCUT2D eigenvalue weighted by Crippen LogP contribution is -2.10. The monoisotopic (exact) mass is 254 g/mol. The zero-order valence-electron chi connectivity index (χ0n) is 10.6. The highest BCUT2D eigenvalue weighted by Gasteiger charge is 2.10. The van der Waals surface area contributed by atoms with Crippen molar-refractivity contribution in [3.8, 4) is 11.4 Å². The number of imidazole rings is 1. The van der Waals surface area contributed by atoms with Gasteiger partial charge in [-0.2, -0.15) is 0 Å². The molecule has 0 spiro atoms. The molecule has 19 heavy (non-hydrogen) atoms. The zero-order chi connectivity index (χ0) is 13.2. The van der Waals surface area contributed by atoms with Crippen molar-refractivity contribution in [2.45, 2.75) is 19.9 Å². The van der Waals surface area contributed by atoms with Crippen molar-refractivity contribution < 1.29 is 0 Å². The summed E-state index contributed by atoms with van der Waals surface area (Å²) in [6, 6.07) is 9.61. The molecule has 1 N–H and O–H groups in total. The fraction of sp³-hybridized carbons (Fsp3) is 0.214. The number of fused-ring (bicyclic) bond motifs is 1. The summed E-state index contributed by atoms with van der Waals surface area (Å²) in [4.78, 5) is 23.5. The van der Waals surface area contributed by atoms with Gasteiger partial charge in [-0.3, -0.25) is 4.79 Å². The van der Waals surface area contributed by atoms with Gasteiger partial charge in [-0.1, -0.05) is 37.3 Å². The van der Waals surface area contributed by atoms with E-state index in [0.29, 0.717) is 17.0 Å². The summed E-state index contributed by atoms with van der Waals surface area (Å²) < 4.78 is 1.91. The van der Waals surface area contributed by atoms with E-state index in [0.717, 1.165) is 18.5 Å². The smallest absolute Gasteiger partial charge is 0.279 e. The number of hydrogen-bond donors (Lipinski definition) is 1. The molecule has 0 fully saturated rings. The van der Waals surface area contributed by atoms with Gasteiger partial charge >= 0.3 is 0 Å². The Morgan fingerprint density at radius 2 is 2.05 bits per heavy atom. The van der Waals surface area contributed by atoms with Crippen LogP contribution >= 0.6 is 0 Å². The van der Waals surface area contributed by atoms with Crippen molar-refractivity contribution in [1.82, 2.24) is 19.5 Å². The van der Waals surface area contributed by atoms with E-state index in [1.807, 2.05) is 34.9 Å². The molecule has 0 aliphatic heterocycles. The number of aryl methyl sites for hydroxylation is 1. The Morgan fingerprint density at radius 3 is 2.79 bits per heavy atom. The Hall–Kier alpha value is -2.43. The van der Waals surface area contributed by atoms with E-state index >= 15 is 0 Å². The van der Waals surface area contributed by atoms with Gasteiger partial charge in [0, 0.05) is 12.1 Å². The van der Waals surface area contributed by atoms with Crippen molar-refractivity contribution in [2.75, 3.05) is 0 Å². The predicted molar refractivity (Wildman–Crippen MR) is 73.9 cm³/mol. The lowest BCUT2D eigenvalue weighted by atomic mass is 10.2. The molecule has 0 aliphatic rings. The summed E-state index contributed by atoms with van der Waals surface area (Å²) >= 11 is 0. The Kier molecular flexibility index (Phi) is 2.87. The summed E-state index contributed by atoms with van der Waals surface area (Å²) in [5, 5.41) is 0. The van der Waals surface area contributed by atoms with Gasteiger partial charge < -0.3 is 9.55 Å². The van der Waals surface area contributed by atoms with E-state index < -0.39 is 0 Å². The highest BCUT2D eigenvalue weighted by atomic mass is 16.1. The van der Waals surface area contributed by atoms with Crippen LogP contribution in [-0.2, 0) is 6.54 Å². The molecule has 5 nitrogen and oxygen atoms in total. The molecule has 0 radical (unpaired) electrons. The van der Waals surface area contributed by atoms with Crippen molar-refractivity contribution in [2.24, 2.45) is 0 Å². The van der Waals surface area contributed by atoms with Crippen LogP contribution in [0.2, 0.25) is 0 Å². The number of aromatic amines is 1. The quantitative estimate of drug-likeness (QED) is 0.779. The first kappa shape index (κ1) is 11.6. The second-order valence-electron chi connectivity index (χ2n) is 4.39. The third-order valence-electron chi connectivity index (χ3n) is 2.99. The highest BCUT2D eigenvalue weighted by Crippen LogP contribution is 2.15. The van der Waals surface area contributed by atoms with Gasteiger partial charge in [0.2, 0.25) is 0 Å². The summed E-state index contributed by atoms with van der Waals surface area (Å²) in [5.74, 6) is 0.580. The maximum Gasteiger partial charge on any atom is 0.279 e. The molecule has 0 bridgehead atoms. The molecule has 3 aromatic rings. The Balaban J connectivity index is 2.23. The minimum atomic E-state index is -0.196. The predicted octanol–water partition coefficient (Wildman–Crippen LogP) is 2.20. The van der Waals surface area contributed by atoms with Crippen LogP contribution in [0.4, 0.5) is 0 Å². The molecule has 5 heteroatoms. The largest absolute Gasteiger partial charge is 0.315 e. The molecular weight excluding hydrogens is 240 g/mol. The van der Waals surface area contributed by atoms with Crippen LogP contribution in [0.15, 0.2) is 41.5 Å². The summed E-state index contributed by atoms with van der Waals surface area (Å²) in [5.41, 5.74) is 1.74. The number of hydrogen-bond acceptors (Lipinski definition) is 3. The Labute approximate surface area is 110 Å². The van der Waals surface area contributed by atoms with Crippen LogP contribution in [0.25, 0.3) is 22.6 Å². The van der Waals surface area contributed by atoms with Crippen molar-refractivity contribution in [3.63, 3.8) is 0 Å². The van der Waals surface area contributed by atoms with Crippen molar-refractivity contribution >= 4 is 11.2 Å². The SMILES string of the molecule is CCCn1cnc2c(=O)[nH]c(-c3ccccc3)nc21. The Morgan fingerprint density at radius 1 is 1.26 bits per heavy atom. The number of rotatable bonds is 3. The summed E-state index contributed by atoms with van der Waals surface area (Å²) in [6.07, 6.45) is 2.64. The second kappa shape index (κ2) is 4.68. The van der Waals surface area contributed by atoms with Gasteiger partial charge in [-0.15, -0.1) is 0 Å². The molecule has 0 saturated carbocycles. The topological polar surface area (TPSA) is 63.6 Å². The Bertz CT molecular complexity index is 758. The third kappa shape index (κ3) is 2.03. The number of benzene rings is 1. The molecule has 96 valence electrons. The van der Waals surface area contributed by atoms with Crippen molar-refractivity contribution in [1.29, 1.82) is 0 Å². The van der Waals surface area contributed by atoms with Crippen molar-refractivity contribution in [3.05, 3.63) is 47.0 Å². The number of H-pyrrole nitrogens is 1. The molecule has 0 unspecified atom stereocenters. The first-order valence-corrected chi connectivity index (χ1v) is 6.30. The number of nitrogens with one attached hydrogen (secondary N) is 1. The van der Waals surface area contributed by atoms with E-state index in [2.05, 4.69) is 21.9 Å². The van der Waals surface area contributed by atoms with Crippen LogP contribution < -0.4 is 5.56 Å². The molecule has 2 aromatic heterocycles. The van der Waals surface area contributed by atoms with E-state index in [-0.39, 0.29) is 5.56 Å². The average Bonchev–Trinajstić information content (AvgIpc) is 2.84. The summed E-state index contributed by atoms with van der Waals surface area (Å²) in [6.45, 7) is 2.89. The van der Waals surface area contributed by atoms with Gasteiger partial charge in [0.1, 0.15) is 5.82 Å². The first-order valence-electron chi connectivity index (χ1n) is 6.30. The van der Waals surface area contributed by atoms with E-state index in [4.69, 9.17) is 0 Å². The maximum atomic E-state index is 12.0. The van der Waals surface area contributed by atoms with Gasteiger partial charge in [-0.25, -0.2) is 9.97 Å². The van der Waals surface area contributed by atoms with Gasteiger partial charge in [0.05, 0.1) is 6.33 Å². The van der Waals surface area contributed by atoms with Crippen LogP contribution in [0.1, 0.15) is 13.3 Å². The molecule has 1 aromatic carbocycles. The van der Waals surface area contributed by atoms with Gasteiger partial charge in [0.25, 0.3) is 5.56 Å². The molecule has 3 rings (SSSR count).